The second kappa shape index (κ2) is 8.33. The Morgan fingerprint density at radius 3 is 2.43 bits per heavy atom. The van der Waals surface area contributed by atoms with Gasteiger partial charge in [0.2, 0.25) is 0 Å². The monoisotopic (exact) mass is 332 g/mol. The molecule has 0 aliphatic heterocycles. The van der Waals surface area contributed by atoms with Crippen molar-refractivity contribution in [3.63, 3.8) is 0 Å². The van der Waals surface area contributed by atoms with E-state index in [0.29, 0.717) is 18.8 Å². The molecule has 0 amide bonds. The van der Waals surface area contributed by atoms with Gasteiger partial charge in [0.15, 0.2) is 0 Å². The maximum Gasteiger partial charge on any atom is 0.276 e. The quantitative estimate of drug-likeness (QED) is 0.597. The molecule has 0 radical (unpaired) electrons. The lowest BCUT2D eigenvalue weighted by Gasteiger charge is -2.05. The van der Waals surface area contributed by atoms with Gasteiger partial charge in [-0.15, -0.1) is 0 Å². The summed E-state index contributed by atoms with van der Waals surface area (Å²) in [5.74, 6) is 0.637. The average Bonchev–Trinajstić information content (AvgIpc) is 2.56. The molecule has 0 saturated heterocycles. The molecule has 2 aromatic carbocycles. The van der Waals surface area contributed by atoms with E-state index in [1.807, 2.05) is 37.3 Å². The molecule has 5 nitrogen and oxygen atoms in total. The maximum absolute atomic E-state index is 12.1. The second-order valence-corrected chi connectivity index (χ2v) is 6.50. The highest BCUT2D eigenvalue weighted by atomic mass is 32.2. The molecule has 2 aromatic rings. The minimum absolute atomic E-state index is 0.154. The zero-order valence-corrected chi connectivity index (χ0v) is 13.8. The third kappa shape index (κ3) is 5.41. The third-order valence-corrected chi connectivity index (χ3v) is 4.35. The van der Waals surface area contributed by atoms with E-state index in [9.17, 15) is 8.42 Å². The number of nitrogens with one attached hydrogen (secondary N) is 1. The first-order valence-corrected chi connectivity index (χ1v) is 8.90. The van der Waals surface area contributed by atoms with Crippen molar-refractivity contribution < 1.29 is 13.2 Å². The number of nitrogens with zero attached hydrogens (tertiary/aromatic N) is 1. The molecule has 0 spiro atoms. The first-order valence-electron chi connectivity index (χ1n) is 7.42. The van der Waals surface area contributed by atoms with Crippen molar-refractivity contribution in [2.45, 2.75) is 24.7 Å². The van der Waals surface area contributed by atoms with Crippen molar-refractivity contribution in [2.24, 2.45) is 5.10 Å². The summed E-state index contributed by atoms with van der Waals surface area (Å²) in [5, 5.41) is 3.80. The van der Waals surface area contributed by atoms with E-state index >= 15 is 0 Å². The molecule has 2 rings (SSSR count). The lowest BCUT2D eigenvalue weighted by Crippen LogP contribution is -2.18. The van der Waals surface area contributed by atoms with Crippen LogP contribution in [0.3, 0.4) is 0 Å². The fourth-order valence-electron chi connectivity index (χ4n) is 1.98. The Balaban J connectivity index is 1.86. The van der Waals surface area contributed by atoms with Gasteiger partial charge in [0, 0.05) is 6.21 Å². The number of sulfonamides is 1. The molecule has 0 unspecified atom stereocenters. The van der Waals surface area contributed by atoms with Crippen LogP contribution in [0, 0.1) is 0 Å². The molecular weight excluding hydrogens is 312 g/mol. The molecule has 23 heavy (non-hydrogen) atoms. The van der Waals surface area contributed by atoms with Gasteiger partial charge in [-0.1, -0.05) is 30.3 Å². The largest absolute Gasteiger partial charge is 0.494 e. The van der Waals surface area contributed by atoms with Gasteiger partial charge >= 0.3 is 0 Å². The predicted octanol–water partition coefficient (Wildman–Crippen LogP) is 2.98. The Morgan fingerprint density at radius 1 is 1.09 bits per heavy atom. The minimum Gasteiger partial charge on any atom is -0.494 e. The van der Waals surface area contributed by atoms with Gasteiger partial charge in [0.05, 0.1) is 11.5 Å². The Morgan fingerprint density at radius 2 is 1.78 bits per heavy atom. The summed E-state index contributed by atoms with van der Waals surface area (Å²) in [7, 11) is -3.64. The molecule has 0 aliphatic carbocycles. The van der Waals surface area contributed by atoms with Crippen molar-refractivity contribution in [1.29, 1.82) is 0 Å². The summed E-state index contributed by atoms with van der Waals surface area (Å²) >= 11 is 0. The van der Waals surface area contributed by atoms with Crippen molar-refractivity contribution >= 4 is 16.2 Å². The van der Waals surface area contributed by atoms with Crippen molar-refractivity contribution in [1.82, 2.24) is 4.83 Å². The number of benzene rings is 2. The first kappa shape index (κ1) is 17.0. The summed E-state index contributed by atoms with van der Waals surface area (Å²) < 4.78 is 29.4. The van der Waals surface area contributed by atoms with Gasteiger partial charge in [-0.25, -0.2) is 4.83 Å². The van der Waals surface area contributed by atoms with Crippen LogP contribution in [0.25, 0.3) is 0 Å². The van der Waals surface area contributed by atoms with E-state index in [0.717, 1.165) is 6.42 Å². The molecule has 0 aromatic heterocycles. The second-order valence-electron chi connectivity index (χ2n) is 4.84. The Labute approximate surface area is 137 Å². The standard InChI is InChI=1S/C17H20N2O3S/c1-2-22-16-10-12-17(13-11-16)23(20,21)19-18-14-6-9-15-7-4-3-5-8-15/h3-5,7-8,10-14,19H,2,6,9H2,1H3/b18-14-. The van der Waals surface area contributed by atoms with Crippen LogP contribution >= 0.6 is 0 Å². The van der Waals surface area contributed by atoms with Crippen LogP contribution < -0.4 is 9.57 Å². The smallest absolute Gasteiger partial charge is 0.276 e. The molecular formula is C17H20N2O3S. The molecule has 6 heteroatoms. The molecule has 0 atom stereocenters. The fraction of sp³-hybridized carbons (Fsp3) is 0.235. The summed E-state index contributed by atoms with van der Waals surface area (Å²) in [5.41, 5.74) is 1.19. The van der Waals surface area contributed by atoms with Gasteiger partial charge in [-0.05, 0) is 49.6 Å². The number of aryl methyl sites for hydroxylation is 1. The van der Waals surface area contributed by atoms with Crippen LogP contribution in [0.15, 0.2) is 64.6 Å². The van der Waals surface area contributed by atoms with Gasteiger partial charge in [0.1, 0.15) is 5.75 Å². The van der Waals surface area contributed by atoms with Crippen molar-refractivity contribution in [3.8, 4) is 5.75 Å². The molecule has 1 N–H and O–H groups in total. The van der Waals surface area contributed by atoms with Gasteiger partial charge < -0.3 is 4.74 Å². The lowest BCUT2D eigenvalue weighted by molar-refractivity contribution is 0.340. The van der Waals surface area contributed by atoms with E-state index in [4.69, 9.17) is 4.74 Å². The average molecular weight is 332 g/mol. The molecule has 122 valence electrons. The van der Waals surface area contributed by atoms with Crippen LogP contribution in [0.2, 0.25) is 0 Å². The number of rotatable bonds is 8. The minimum atomic E-state index is -3.64. The van der Waals surface area contributed by atoms with Crippen LogP contribution in [-0.4, -0.2) is 21.2 Å². The normalized spacial score (nSPS) is 11.5. The zero-order valence-electron chi connectivity index (χ0n) is 13.0. The summed E-state index contributed by atoms with van der Waals surface area (Å²) in [6, 6.07) is 16.2. The third-order valence-electron chi connectivity index (χ3n) is 3.11. The number of hydrogen-bond donors (Lipinski definition) is 1. The van der Waals surface area contributed by atoms with Gasteiger partial charge in [-0.3, -0.25) is 0 Å². The summed E-state index contributed by atoms with van der Waals surface area (Å²) in [6.07, 6.45) is 3.05. The first-order chi connectivity index (χ1) is 11.1. The topological polar surface area (TPSA) is 67.8 Å². The highest BCUT2D eigenvalue weighted by Crippen LogP contribution is 2.15. The van der Waals surface area contributed by atoms with Crippen LogP contribution in [0.5, 0.6) is 5.75 Å². The van der Waals surface area contributed by atoms with Crippen LogP contribution in [0.4, 0.5) is 0 Å². The Bertz CT molecular complexity index is 726. The lowest BCUT2D eigenvalue weighted by atomic mass is 10.1. The van der Waals surface area contributed by atoms with Gasteiger partial charge in [0.25, 0.3) is 10.0 Å². The maximum atomic E-state index is 12.1. The Kier molecular flexibility index (Phi) is 6.17. The Hall–Kier alpha value is -2.34. The van der Waals surface area contributed by atoms with Crippen molar-refractivity contribution in [3.05, 3.63) is 60.2 Å². The molecule has 0 fully saturated rings. The molecule has 0 bridgehead atoms. The van der Waals surface area contributed by atoms with Crippen LogP contribution in [0.1, 0.15) is 18.9 Å². The number of ether oxygens (including phenoxy) is 1. The van der Waals surface area contributed by atoms with E-state index in [1.54, 1.807) is 18.3 Å². The fourth-order valence-corrected chi connectivity index (χ4v) is 2.79. The van der Waals surface area contributed by atoms with E-state index in [2.05, 4.69) is 9.93 Å². The van der Waals surface area contributed by atoms with Crippen molar-refractivity contribution in [2.75, 3.05) is 6.61 Å². The van der Waals surface area contributed by atoms with E-state index in [1.165, 1.54) is 17.7 Å². The van der Waals surface area contributed by atoms with E-state index < -0.39 is 10.0 Å². The molecule has 0 saturated carbocycles. The summed E-state index contributed by atoms with van der Waals surface area (Å²) in [4.78, 5) is 2.37. The predicted molar refractivity (Wildman–Crippen MR) is 91.2 cm³/mol. The number of hydrogen-bond acceptors (Lipinski definition) is 4. The number of hydrazone groups is 1. The summed E-state index contributed by atoms with van der Waals surface area (Å²) in [6.45, 7) is 2.41. The van der Waals surface area contributed by atoms with E-state index in [-0.39, 0.29) is 4.90 Å². The van der Waals surface area contributed by atoms with Crippen LogP contribution in [-0.2, 0) is 16.4 Å². The zero-order chi connectivity index (χ0) is 16.5. The highest BCUT2D eigenvalue weighted by Gasteiger charge is 2.12. The SMILES string of the molecule is CCOc1ccc(S(=O)(=O)N/N=C\CCc2ccccc2)cc1. The molecule has 0 aliphatic rings. The highest BCUT2D eigenvalue weighted by molar-refractivity contribution is 7.89. The van der Waals surface area contributed by atoms with Gasteiger partial charge in [-0.2, -0.15) is 13.5 Å². The molecule has 0 heterocycles.